The topological polar surface area (TPSA) is 72.7 Å². The first-order valence-electron chi connectivity index (χ1n) is 7.64. The number of hydrogen-bond acceptors (Lipinski definition) is 4. The molecule has 3 rings (SSSR count). The fraction of sp³-hybridized carbons (Fsp3) is 0.176. The van der Waals surface area contributed by atoms with Crippen LogP contribution in [0.3, 0.4) is 0 Å². The summed E-state index contributed by atoms with van der Waals surface area (Å²) in [5.41, 5.74) is 1.13. The minimum atomic E-state index is -4.44. The molecule has 1 amide bonds. The molecule has 0 bridgehead atoms. The molecule has 0 atom stereocenters. The van der Waals surface area contributed by atoms with E-state index in [1.807, 2.05) is 31.2 Å². The smallest absolute Gasteiger partial charge is 0.345 e. The van der Waals surface area contributed by atoms with Crippen LogP contribution in [0.1, 0.15) is 27.3 Å². The van der Waals surface area contributed by atoms with Crippen molar-refractivity contribution in [2.75, 3.05) is 0 Å². The quantitative estimate of drug-likeness (QED) is 0.776. The second kappa shape index (κ2) is 6.95. The molecule has 9 heteroatoms. The van der Waals surface area contributed by atoms with Crippen LogP contribution in [-0.2, 0) is 12.7 Å². The highest BCUT2D eigenvalue weighted by molar-refractivity contribution is 5.94. The summed E-state index contributed by atoms with van der Waals surface area (Å²) in [7, 11) is 0. The Labute approximate surface area is 146 Å². The van der Waals surface area contributed by atoms with Gasteiger partial charge in [0.05, 0.1) is 17.8 Å². The van der Waals surface area contributed by atoms with Gasteiger partial charge in [-0.3, -0.25) is 4.79 Å². The molecule has 0 saturated heterocycles. The van der Waals surface area contributed by atoms with Gasteiger partial charge in [0.15, 0.2) is 5.82 Å². The lowest BCUT2D eigenvalue weighted by atomic mass is 10.1. The third kappa shape index (κ3) is 3.88. The monoisotopic (exact) mass is 361 g/mol. The maximum absolute atomic E-state index is 12.6. The van der Waals surface area contributed by atoms with Crippen molar-refractivity contribution in [3.8, 4) is 5.69 Å². The Morgan fingerprint density at radius 2 is 1.73 bits per heavy atom. The number of alkyl halides is 3. The third-order valence-electron chi connectivity index (χ3n) is 3.69. The zero-order valence-electron chi connectivity index (χ0n) is 13.7. The summed E-state index contributed by atoms with van der Waals surface area (Å²) in [6, 6.07) is 11.5. The van der Waals surface area contributed by atoms with Gasteiger partial charge in [-0.15, -0.1) is 5.10 Å². The number of hydrogen-bond donors (Lipinski definition) is 1. The zero-order chi connectivity index (χ0) is 18.7. The molecular weight excluding hydrogens is 347 g/mol. The first-order valence-corrected chi connectivity index (χ1v) is 7.64. The molecule has 0 radical (unpaired) electrons. The average molecular weight is 361 g/mol. The van der Waals surface area contributed by atoms with E-state index in [-0.39, 0.29) is 12.1 Å². The lowest BCUT2D eigenvalue weighted by Gasteiger charge is -2.09. The molecule has 0 aliphatic heterocycles. The summed E-state index contributed by atoms with van der Waals surface area (Å²) in [4.78, 5) is 12.1. The molecule has 1 aromatic heterocycles. The third-order valence-corrected chi connectivity index (χ3v) is 3.69. The Bertz CT molecular complexity index is 901. The largest absolute Gasteiger partial charge is 0.416 e. The van der Waals surface area contributed by atoms with Crippen molar-refractivity contribution in [1.29, 1.82) is 0 Å². The van der Waals surface area contributed by atoms with Crippen LogP contribution >= 0.6 is 0 Å². The summed E-state index contributed by atoms with van der Waals surface area (Å²) in [5.74, 6) is -0.119. The molecule has 0 aliphatic rings. The summed E-state index contributed by atoms with van der Waals surface area (Å²) in [6.45, 7) is 1.98. The molecule has 6 nitrogen and oxygen atoms in total. The zero-order valence-corrected chi connectivity index (χ0v) is 13.7. The Balaban J connectivity index is 1.69. The lowest BCUT2D eigenvalue weighted by molar-refractivity contribution is -0.137. The predicted octanol–water partition coefficient (Wildman–Crippen LogP) is 2.92. The highest BCUT2D eigenvalue weighted by Gasteiger charge is 2.30. The number of benzene rings is 2. The fourth-order valence-electron chi connectivity index (χ4n) is 2.27. The molecule has 1 heterocycles. The van der Waals surface area contributed by atoms with Crippen molar-refractivity contribution >= 4 is 5.91 Å². The van der Waals surface area contributed by atoms with E-state index < -0.39 is 17.6 Å². The van der Waals surface area contributed by atoms with E-state index in [9.17, 15) is 18.0 Å². The van der Waals surface area contributed by atoms with Crippen LogP contribution in [-0.4, -0.2) is 26.1 Å². The maximum atomic E-state index is 12.6. The number of carbonyl (C=O) groups is 1. The predicted molar refractivity (Wildman–Crippen MR) is 86.5 cm³/mol. The van der Waals surface area contributed by atoms with E-state index in [4.69, 9.17) is 0 Å². The van der Waals surface area contributed by atoms with Gasteiger partial charge in [0.25, 0.3) is 5.91 Å². The fourth-order valence-corrected chi connectivity index (χ4v) is 2.27. The first kappa shape index (κ1) is 17.6. The Morgan fingerprint density at radius 1 is 1.08 bits per heavy atom. The summed E-state index contributed by atoms with van der Waals surface area (Å²) < 4.78 is 39.2. The molecule has 0 spiro atoms. The number of nitrogens with zero attached hydrogens (tertiary/aromatic N) is 4. The number of aryl methyl sites for hydroxylation is 1. The Morgan fingerprint density at radius 3 is 2.35 bits per heavy atom. The molecule has 2 aromatic carbocycles. The van der Waals surface area contributed by atoms with E-state index in [1.54, 1.807) is 0 Å². The number of tetrazole rings is 1. The van der Waals surface area contributed by atoms with Gasteiger partial charge in [-0.2, -0.15) is 17.9 Å². The summed E-state index contributed by atoms with van der Waals surface area (Å²) >= 11 is 0. The van der Waals surface area contributed by atoms with Crippen molar-refractivity contribution in [1.82, 2.24) is 25.5 Å². The van der Waals surface area contributed by atoms with Crippen LogP contribution in [0.15, 0.2) is 48.5 Å². The van der Waals surface area contributed by atoms with Crippen LogP contribution < -0.4 is 5.32 Å². The van der Waals surface area contributed by atoms with E-state index in [1.165, 1.54) is 4.68 Å². The van der Waals surface area contributed by atoms with Crippen molar-refractivity contribution in [2.24, 2.45) is 0 Å². The van der Waals surface area contributed by atoms with Crippen LogP contribution in [0, 0.1) is 6.92 Å². The standard InChI is InChI=1S/C17H14F3N5O/c1-11-2-8-14(9-3-11)25-15(22-23-24-25)10-21-16(26)12-4-6-13(7-5-12)17(18,19)20/h2-9H,10H2,1H3,(H,21,26). The highest BCUT2D eigenvalue weighted by atomic mass is 19.4. The lowest BCUT2D eigenvalue weighted by Crippen LogP contribution is -2.24. The van der Waals surface area contributed by atoms with Crippen molar-refractivity contribution in [2.45, 2.75) is 19.6 Å². The van der Waals surface area contributed by atoms with Gasteiger partial charge in [0.2, 0.25) is 0 Å². The summed E-state index contributed by atoms with van der Waals surface area (Å²) in [6.07, 6.45) is -4.44. The van der Waals surface area contributed by atoms with Crippen molar-refractivity contribution in [3.63, 3.8) is 0 Å². The van der Waals surface area contributed by atoms with Gasteiger partial charge in [0.1, 0.15) is 0 Å². The number of amides is 1. The number of rotatable bonds is 4. The second-order valence-electron chi connectivity index (χ2n) is 5.60. The number of carbonyl (C=O) groups excluding carboxylic acids is 1. The molecule has 0 saturated carbocycles. The molecule has 134 valence electrons. The molecule has 0 fully saturated rings. The van der Waals surface area contributed by atoms with Gasteiger partial charge < -0.3 is 5.32 Å². The van der Waals surface area contributed by atoms with E-state index in [0.717, 1.165) is 35.5 Å². The molecule has 1 N–H and O–H groups in total. The van der Waals surface area contributed by atoms with Crippen molar-refractivity contribution in [3.05, 3.63) is 71.0 Å². The second-order valence-corrected chi connectivity index (χ2v) is 5.60. The normalized spacial score (nSPS) is 11.4. The average Bonchev–Trinajstić information content (AvgIpc) is 3.08. The van der Waals surface area contributed by atoms with Gasteiger partial charge in [-0.25, -0.2) is 0 Å². The highest BCUT2D eigenvalue weighted by Crippen LogP contribution is 2.29. The van der Waals surface area contributed by atoms with E-state index in [0.29, 0.717) is 5.82 Å². The Kier molecular flexibility index (Phi) is 4.70. The van der Waals surface area contributed by atoms with Crippen LogP contribution in [0.2, 0.25) is 0 Å². The first-order chi connectivity index (χ1) is 12.3. The molecule has 0 unspecified atom stereocenters. The number of aromatic nitrogens is 4. The van der Waals surface area contributed by atoms with Crippen molar-refractivity contribution < 1.29 is 18.0 Å². The van der Waals surface area contributed by atoms with Crippen LogP contribution in [0.5, 0.6) is 0 Å². The minimum absolute atomic E-state index is 0.0285. The van der Waals surface area contributed by atoms with Crippen LogP contribution in [0.25, 0.3) is 5.69 Å². The van der Waals surface area contributed by atoms with Crippen LogP contribution in [0.4, 0.5) is 13.2 Å². The molecule has 26 heavy (non-hydrogen) atoms. The maximum Gasteiger partial charge on any atom is 0.416 e. The van der Waals surface area contributed by atoms with Gasteiger partial charge in [-0.1, -0.05) is 17.7 Å². The van der Waals surface area contributed by atoms with Gasteiger partial charge in [-0.05, 0) is 53.7 Å². The SMILES string of the molecule is Cc1ccc(-n2nnnc2CNC(=O)c2ccc(C(F)(F)F)cc2)cc1. The van der Waals surface area contributed by atoms with E-state index >= 15 is 0 Å². The number of nitrogens with one attached hydrogen (secondary N) is 1. The van der Waals surface area contributed by atoms with E-state index in [2.05, 4.69) is 20.8 Å². The summed E-state index contributed by atoms with van der Waals surface area (Å²) in [5, 5.41) is 13.9. The molecular formula is C17H14F3N5O. The number of halogens is 3. The van der Waals surface area contributed by atoms with Gasteiger partial charge in [0, 0.05) is 5.56 Å². The minimum Gasteiger partial charge on any atom is -0.345 e. The van der Waals surface area contributed by atoms with Gasteiger partial charge >= 0.3 is 6.18 Å². The Hall–Kier alpha value is -3.23. The molecule has 0 aliphatic carbocycles. The molecule has 3 aromatic rings.